The summed E-state index contributed by atoms with van der Waals surface area (Å²) < 4.78 is 10.6. The number of nitrogens with one attached hydrogen (secondary N) is 2. The van der Waals surface area contributed by atoms with Crippen LogP contribution in [0.5, 0.6) is 11.5 Å². The van der Waals surface area contributed by atoms with Gasteiger partial charge in [0.2, 0.25) is 0 Å². The molecular formula is C24H26N2O3. The lowest BCUT2D eigenvalue weighted by Crippen LogP contribution is -2.12. The zero-order valence-electron chi connectivity index (χ0n) is 17.0. The fourth-order valence-electron chi connectivity index (χ4n) is 3.05. The number of carbonyl (C=O) groups excluding carboxylic acids is 1. The molecule has 5 heteroatoms. The highest BCUT2D eigenvalue weighted by atomic mass is 16.5. The number of anilines is 2. The first kappa shape index (κ1) is 20.3. The first-order chi connectivity index (χ1) is 14.1. The van der Waals surface area contributed by atoms with Crippen LogP contribution in [-0.2, 0) is 6.42 Å². The van der Waals surface area contributed by atoms with E-state index in [1.54, 1.807) is 14.2 Å². The van der Waals surface area contributed by atoms with E-state index in [4.69, 9.17) is 9.47 Å². The van der Waals surface area contributed by atoms with E-state index in [0.29, 0.717) is 5.56 Å². The van der Waals surface area contributed by atoms with Gasteiger partial charge in [0, 0.05) is 23.5 Å². The smallest absolute Gasteiger partial charge is 0.255 e. The molecule has 3 aromatic carbocycles. The van der Waals surface area contributed by atoms with Crippen LogP contribution >= 0.6 is 0 Å². The van der Waals surface area contributed by atoms with Crippen molar-refractivity contribution in [2.45, 2.75) is 13.3 Å². The first-order valence-corrected chi connectivity index (χ1v) is 9.52. The minimum Gasteiger partial charge on any atom is -0.493 e. The molecule has 0 heterocycles. The van der Waals surface area contributed by atoms with Gasteiger partial charge in [-0.3, -0.25) is 4.79 Å². The van der Waals surface area contributed by atoms with Crippen molar-refractivity contribution in [1.82, 2.24) is 0 Å². The number of amides is 1. The molecule has 0 bridgehead atoms. The third kappa shape index (κ3) is 5.51. The second-order valence-corrected chi connectivity index (χ2v) is 6.77. The van der Waals surface area contributed by atoms with Gasteiger partial charge in [0.05, 0.1) is 14.2 Å². The summed E-state index contributed by atoms with van der Waals surface area (Å²) in [6.07, 6.45) is 0.853. The highest BCUT2D eigenvalue weighted by Crippen LogP contribution is 2.27. The van der Waals surface area contributed by atoms with E-state index in [-0.39, 0.29) is 5.91 Å². The minimum absolute atomic E-state index is 0.108. The van der Waals surface area contributed by atoms with Crippen LogP contribution < -0.4 is 20.1 Å². The second kappa shape index (κ2) is 9.64. The third-order valence-corrected chi connectivity index (χ3v) is 4.61. The number of aryl methyl sites for hydroxylation is 1. The van der Waals surface area contributed by atoms with Gasteiger partial charge in [-0.1, -0.05) is 23.8 Å². The molecule has 29 heavy (non-hydrogen) atoms. The molecule has 0 aliphatic rings. The Hall–Kier alpha value is -3.47. The Bertz CT molecular complexity index is 968. The van der Waals surface area contributed by atoms with Crippen molar-refractivity contribution >= 4 is 17.3 Å². The number of carbonyl (C=O) groups is 1. The van der Waals surface area contributed by atoms with Gasteiger partial charge >= 0.3 is 0 Å². The molecule has 5 nitrogen and oxygen atoms in total. The summed E-state index contributed by atoms with van der Waals surface area (Å²) in [5, 5.41) is 6.32. The van der Waals surface area contributed by atoms with Gasteiger partial charge in [0.15, 0.2) is 11.5 Å². The molecule has 0 saturated carbocycles. The first-order valence-electron chi connectivity index (χ1n) is 9.52. The van der Waals surface area contributed by atoms with Gasteiger partial charge in [-0.25, -0.2) is 0 Å². The molecule has 0 unspecified atom stereocenters. The highest BCUT2D eigenvalue weighted by Gasteiger charge is 2.07. The molecule has 0 saturated heterocycles. The Balaban J connectivity index is 1.52. The lowest BCUT2D eigenvalue weighted by molar-refractivity contribution is 0.102. The summed E-state index contributed by atoms with van der Waals surface area (Å²) in [7, 11) is 3.27. The van der Waals surface area contributed by atoms with Gasteiger partial charge < -0.3 is 20.1 Å². The Morgan fingerprint density at radius 3 is 2.28 bits per heavy atom. The fraction of sp³-hybridized carbons (Fsp3) is 0.208. The van der Waals surface area contributed by atoms with Gasteiger partial charge in [0.1, 0.15) is 0 Å². The van der Waals surface area contributed by atoms with E-state index in [9.17, 15) is 4.79 Å². The molecule has 1 amide bonds. The van der Waals surface area contributed by atoms with E-state index in [2.05, 4.69) is 10.6 Å². The van der Waals surface area contributed by atoms with Crippen LogP contribution in [-0.4, -0.2) is 26.7 Å². The van der Waals surface area contributed by atoms with E-state index < -0.39 is 0 Å². The molecule has 2 N–H and O–H groups in total. The Morgan fingerprint density at radius 2 is 1.59 bits per heavy atom. The SMILES string of the molecule is COc1ccc(CCNc2ccc(NC(=O)c3cccc(C)c3)cc2)cc1OC. The molecule has 0 atom stereocenters. The number of benzene rings is 3. The van der Waals surface area contributed by atoms with Crippen LogP contribution in [0.3, 0.4) is 0 Å². The predicted molar refractivity (Wildman–Crippen MR) is 117 cm³/mol. The average Bonchev–Trinajstić information content (AvgIpc) is 2.74. The molecular weight excluding hydrogens is 364 g/mol. The minimum atomic E-state index is -0.108. The summed E-state index contributed by atoms with van der Waals surface area (Å²) in [5.41, 5.74) is 4.65. The number of hydrogen-bond donors (Lipinski definition) is 2. The maximum Gasteiger partial charge on any atom is 0.255 e. The fourth-order valence-corrected chi connectivity index (χ4v) is 3.05. The van der Waals surface area contributed by atoms with Crippen molar-refractivity contribution in [3.05, 3.63) is 83.4 Å². The number of rotatable bonds is 8. The number of ether oxygens (including phenoxy) is 2. The van der Waals surface area contributed by atoms with Crippen molar-refractivity contribution in [1.29, 1.82) is 0 Å². The zero-order valence-corrected chi connectivity index (χ0v) is 17.0. The standard InChI is InChI=1S/C24H26N2O3/c1-17-5-4-6-19(15-17)24(27)26-21-10-8-20(9-11-21)25-14-13-18-7-12-22(28-2)23(16-18)29-3/h4-12,15-16,25H,13-14H2,1-3H3,(H,26,27). The molecule has 3 aromatic rings. The molecule has 3 rings (SSSR count). The summed E-state index contributed by atoms with van der Waals surface area (Å²) in [5.74, 6) is 1.36. The zero-order chi connectivity index (χ0) is 20.6. The molecule has 0 spiro atoms. The van der Waals surface area contributed by atoms with Gasteiger partial charge in [-0.2, -0.15) is 0 Å². The lowest BCUT2D eigenvalue weighted by atomic mass is 10.1. The van der Waals surface area contributed by atoms with Crippen molar-refractivity contribution in [2.24, 2.45) is 0 Å². The van der Waals surface area contributed by atoms with Gasteiger partial charge in [-0.15, -0.1) is 0 Å². The van der Waals surface area contributed by atoms with Gasteiger partial charge in [0.25, 0.3) is 5.91 Å². The van der Waals surface area contributed by atoms with Crippen LogP contribution in [0, 0.1) is 6.92 Å². The quantitative estimate of drug-likeness (QED) is 0.573. The van der Waals surface area contributed by atoms with Crippen LogP contribution in [0.2, 0.25) is 0 Å². The van der Waals surface area contributed by atoms with Crippen LogP contribution in [0.25, 0.3) is 0 Å². The summed E-state index contributed by atoms with van der Waals surface area (Å²) in [6, 6.07) is 21.2. The average molecular weight is 390 g/mol. The third-order valence-electron chi connectivity index (χ3n) is 4.61. The maximum atomic E-state index is 12.3. The predicted octanol–water partition coefficient (Wildman–Crippen LogP) is 4.92. The highest BCUT2D eigenvalue weighted by molar-refractivity contribution is 6.04. The van der Waals surface area contributed by atoms with E-state index in [1.165, 1.54) is 0 Å². The Labute approximate surface area is 171 Å². The molecule has 0 radical (unpaired) electrons. The number of hydrogen-bond acceptors (Lipinski definition) is 4. The van der Waals surface area contributed by atoms with Crippen LogP contribution in [0.4, 0.5) is 11.4 Å². The van der Waals surface area contributed by atoms with Gasteiger partial charge in [-0.05, 0) is 67.4 Å². The lowest BCUT2D eigenvalue weighted by Gasteiger charge is -2.11. The number of methoxy groups -OCH3 is 2. The largest absolute Gasteiger partial charge is 0.493 e. The molecule has 0 aromatic heterocycles. The monoisotopic (exact) mass is 390 g/mol. The van der Waals surface area contributed by atoms with E-state index >= 15 is 0 Å². The second-order valence-electron chi connectivity index (χ2n) is 6.77. The van der Waals surface area contributed by atoms with Crippen molar-refractivity contribution in [2.75, 3.05) is 31.4 Å². The van der Waals surface area contributed by atoms with Crippen LogP contribution in [0.15, 0.2) is 66.7 Å². The van der Waals surface area contributed by atoms with E-state index in [1.807, 2.05) is 73.7 Å². The summed E-state index contributed by atoms with van der Waals surface area (Å²) >= 11 is 0. The summed E-state index contributed by atoms with van der Waals surface area (Å²) in [4.78, 5) is 12.3. The van der Waals surface area contributed by atoms with Crippen molar-refractivity contribution < 1.29 is 14.3 Å². The normalized spacial score (nSPS) is 10.3. The molecule has 0 aliphatic carbocycles. The molecule has 0 fully saturated rings. The maximum absolute atomic E-state index is 12.3. The van der Waals surface area contributed by atoms with Crippen molar-refractivity contribution in [3.8, 4) is 11.5 Å². The Kier molecular flexibility index (Phi) is 6.74. The summed E-state index contributed by atoms with van der Waals surface area (Å²) in [6.45, 7) is 2.75. The molecule has 150 valence electrons. The van der Waals surface area contributed by atoms with Crippen molar-refractivity contribution in [3.63, 3.8) is 0 Å². The topological polar surface area (TPSA) is 59.6 Å². The van der Waals surface area contributed by atoms with E-state index in [0.717, 1.165) is 47.0 Å². The molecule has 0 aliphatic heterocycles. The Morgan fingerprint density at radius 1 is 0.862 bits per heavy atom. The van der Waals surface area contributed by atoms with Crippen LogP contribution in [0.1, 0.15) is 21.5 Å².